The second-order valence-electron chi connectivity index (χ2n) is 6.28. The van der Waals surface area contributed by atoms with E-state index in [2.05, 4.69) is 10.0 Å². The number of amides is 1. The normalized spacial score (nSPS) is 12.5. The van der Waals surface area contributed by atoms with E-state index >= 15 is 0 Å². The molecule has 10 heteroatoms. The van der Waals surface area contributed by atoms with Gasteiger partial charge >= 0.3 is 0 Å². The summed E-state index contributed by atoms with van der Waals surface area (Å²) in [6.07, 6.45) is 0. The quantitative estimate of drug-likeness (QED) is 0.608. The second kappa shape index (κ2) is 7.85. The molecule has 1 aliphatic heterocycles. The maximum absolute atomic E-state index is 13.9. The summed E-state index contributed by atoms with van der Waals surface area (Å²) in [6, 6.07) is 13.8. The van der Waals surface area contributed by atoms with Crippen LogP contribution in [0.15, 0.2) is 65.6 Å². The van der Waals surface area contributed by atoms with E-state index in [1.54, 1.807) is 6.07 Å². The number of benzene rings is 3. The van der Waals surface area contributed by atoms with Crippen LogP contribution in [0.3, 0.4) is 0 Å². The van der Waals surface area contributed by atoms with E-state index in [-0.39, 0.29) is 33.6 Å². The van der Waals surface area contributed by atoms with Crippen molar-refractivity contribution in [2.75, 3.05) is 16.8 Å². The van der Waals surface area contributed by atoms with Crippen molar-refractivity contribution in [3.63, 3.8) is 0 Å². The molecule has 3 aromatic rings. The highest BCUT2D eigenvalue weighted by molar-refractivity contribution is 7.92. The minimum atomic E-state index is -3.99. The Hall–Kier alpha value is -3.30. The van der Waals surface area contributed by atoms with Gasteiger partial charge in [0.25, 0.3) is 15.9 Å². The zero-order valence-electron chi connectivity index (χ0n) is 15.2. The van der Waals surface area contributed by atoms with Gasteiger partial charge in [-0.15, -0.1) is 0 Å². The first kappa shape index (κ1) is 20.0. The van der Waals surface area contributed by atoms with Crippen LogP contribution in [-0.2, 0) is 10.0 Å². The van der Waals surface area contributed by atoms with Gasteiger partial charge in [-0.1, -0.05) is 17.7 Å². The minimum Gasteiger partial charge on any atom is -0.454 e. The maximum Gasteiger partial charge on any atom is 0.261 e. The van der Waals surface area contributed by atoms with E-state index < -0.39 is 21.7 Å². The summed E-state index contributed by atoms with van der Waals surface area (Å²) in [6.45, 7) is 0.0664. The van der Waals surface area contributed by atoms with Gasteiger partial charge in [0.1, 0.15) is 5.82 Å². The van der Waals surface area contributed by atoms with Gasteiger partial charge in [0.05, 0.1) is 16.3 Å². The lowest BCUT2D eigenvalue weighted by molar-refractivity contribution is 0.102. The molecule has 0 unspecified atom stereocenters. The fourth-order valence-corrected chi connectivity index (χ4v) is 4.02. The van der Waals surface area contributed by atoms with E-state index in [0.29, 0.717) is 11.5 Å². The number of halogens is 2. The lowest BCUT2D eigenvalue weighted by Crippen LogP contribution is -2.16. The summed E-state index contributed by atoms with van der Waals surface area (Å²) in [5.74, 6) is -0.431. The van der Waals surface area contributed by atoms with E-state index in [1.807, 2.05) is 0 Å². The standard InChI is InChI=1S/C20H14ClFN2O5S/c21-13-4-6-17(16(22)9-13)23-20(25)12-2-1-3-15(8-12)30(26,27)24-14-5-7-18-19(10-14)29-11-28-18/h1-10,24H,11H2,(H,23,25). The first-order valence-electron chi connectivity index (χ1n) is 8.61. The molecule has 0 radical (unpaired) electrons. The zero-order valence-corrected chi connectivity index (χ0v) is 16.8. The number of fused-ring (bicyclic) bond motifs is 1. The third kappa shape index (κ3) is 4.17. The molecule has 0 fully saturated rings. The number of hydrogen-bond acceptors (Lipinski definition) is 5. The molecule has 0 bridgehead atoms. The van der Waals surface area contributed by atoms with Crippen molar-refractivity contribution in [2.45, 2.75) is 4.90 Å². The van der Waals surface area contributed by atoms with Crippen LogP contribution in [0.4, 0.5) is 15.8 Å². The monoisotopic (exact) mass is 448 g/mol. The fraction of sp³-hybridized carbons (Fsp3) is 0.0500. The van der Waals surface area contributed by atoms with Gasteiger partial charge < -0.3 is 14.8 Å². The van der Waals surface area contributed by atoms with Crippen LogP contribution < -0.4 is 19.5 Å². The fourth-order valence-electron chi connectivity index (χ4n) is 2.76. The Bertz CT molecular complexity index is 1250. The smallest absolute Gasteiger partial charge is 0.261 e. The van der Waals surface area contributed by atoms with Crippen molar-refractivity contribution in [1.29, 1.82) is 0 Å². The maximum atomic E-state index is 13.9. The molecule has 0 aliphatic carbocycles. The van der Waals surface area contributed by atoms with Gasteiger partial charge in [0.15, 0.2) is 11.5 Å². The Morgan fingerprint density at radius 3 is 2.60 bits per heavy atom. The molecule has 0 aromatic heterocycles. The molecule has 0 atom stereocenters. The number of hydrogen-bond donors (Lipinski definition) is 2. The molecule has 3 aromatic carbocycles. The molecule has 4 rings (SSSR count). The molecular weight excluding hydrogens is 435 g/mol. The third-order valence-electron chi connectivity index (χ3n) is 4.21. The first-order valence-corrected chi connectivity index (χ1v) is 10.5. The molecule has 0 saturated carbocycles. The SMILES string of the molecule is O=C(Nc1ccc(Cl)cc1F)c1cccc(S(=O)(=O)Nc2ccc3c(c2)OCO3)c1. The summed E-state index contributed by atoms with van der Waals surface area (Å²) in [5.41, 5.74) is 0.242. The molecule has 2 N–H and O–H groups in total. The predicted molar refractivity (Wildman–Crippen MR) is 109 cm³/mol. The molecule has 1 amide bonds. The Balaban J connectivity index is 1.55. The number of sulfonamides is 1. The van der Waals surface area contributed by atoms with Crippen LogP contribution in [0, 0.1) is 5.82 Å². The van der Waals surface area contributed by atoms with E-state index in [1.165, 1.54) is 48.5 Å². The Morgan fingerprint density at radius 1 is 1.00 bits per heavy atom. The summed E-state index contributed by atoms with van der Waals surface area (Å²) < 4.78 is 52.2. The highest BCUT2D eigenvalue weighted by Gasteiger charge is 2.19. The van der Waals surface area contributed by atoms with Crippen LogP contribution in [0.5, 0.6) is 11.5 Å². The Morgan fingerprint density at radius 2 is 1.80 bits per heavy atom. The van der Waals surface area contributed by atoms with E-state index in [9.17, 15) is 17.6 Å². The molecule has 1 heterocycles. The number of carbonyl (C=O) groups is 1. The lowest BCUT2D eigenvalue weighted by Gasteiger charge is -2.11. The van der Waals surface area contributed by atoms with Crippen molar-refractivity contribution in [3.8, 4) is 11.5 Å². The average Bonchev–Trinajstić information content (AvgIpc) is 3.17. The number of ether oxygens (including phenoxy) is 2. The Kier molecular flexibility index (Phi) is 5.23. The number of carbonyl (C=O) groups excluding carboxylic acids is 1. The van der Waals surface area contributed by atoms with Crippen molar-refractivity contribution in [3.05, 3.63) is 77.1 Å². The van der Waals surface area contributed by atoms with Crippen molar-refractivity contribution in [1.82, 2.24) is 0 Å². The van der Waals surface area contributed by atoms with Crippen molar-refractivity contribution >= 4 is 38.9 Å². The minimum absolute atomic E-state index is 0.0397. The van der Waals surface area contributed by atoms with Gasteiger partial charge in [-0.25, -0.2) is 12.8 Å². The summed E-state index contributed by atoms with van der Waals surface area (Å²) in [5, 5.41) is 2.58. The van der Waals surface area contributed by atoms with Gasteiger partial charge in [-0.3, -0.25) is 9.52 Å². The van der Waals surface area contributed by atoms with E-state index in [4.69, 9.17) is 21.1 Å². The van der Waals surface area contributed by atoms with Crippen LogP contribution in [0.1, 0.15) is 10.4 Å². The lowest BCUT2D eigenvalue weighted by atomic mass is 10.2. The van der Waals surface area contributed by atoms with Crippen LogP contribution in [0.2, 0.25) is 5.02 Å². The van der Waals surface area contributed by atoms with Gasteiger partial charge in [0, 0.05) is 16.7 Å². The summed E-state index contributed by atoms with van der Waals surface area (Å²) >= 11 is 5.70. The predicted octanol–water partition coefficient (Wildman–Crippen LogP) is 4.26. The Labute approximate surface area is 176 Å². The van der Waals surface area contributed by atoms with Crippen molar-refractivity contribution in [2.24, 2.45) is 0 Å². The first-order chi connectivity index (χ1) is 14.3. The number of nitrogens with one attached hydrogen (secondary N) is 2. The number of anilines is 2. The van der Waals surface area contributed by atoms with Crippen LogP contribution in [-0.4, -0.2) is 21.1 Å². The summed E-state index contributed by atoms with van der Waals surface area (Å²) in [7, 11) is -3.99. The topological polar surface area (TPSA) is 93.7 Å². The molecule has 30 heavy (non-hydrogen) atoms. The molecular formula is C20H14ClFN2O5S. The molecule has 0 spiro atoms. The second-order valence-corrected chi connectivity index (χ2v) is 8.40. The molecule has 0 saturated heterocycles. The number of rotatable bonds is 5. The zero-order chi connectivity index (χ0) is 21.3. The summed E-state index contributed by atoms with van der Waals surface area (Å²) in [4.78, 5) is 12.3. The highest BCUT2D eigenvalue weighted by atomic mass is 35.5. The van der Waals surface area contributed by atoms with Crippen LogP contribution in [0.25, 0.3) is 0 Å². The van der Waals surface area contributed by atoms with Crippen molar-refractivity contribution < 1.29 is 27.1 Å². The molecule has 1 aliphatic rings. The molecule has 154 valence electrons. The van der Waals surface area contributed by atoms with Gasteiger partial charge in [-0.05, 0) is 48.5 Å². The van der Waals surface area contributed by atoms with Gasteiger partial charge in [-0.2, -0.15) is 0 Å². The molecule has 7 nitrogen and oxygen atoms in total. The van der Waals surface area contributed by atoms with Crippen LogP contribution >= 0.6 is 11.6 Å². The third-order valence-corrected chi connectivity index (χ3v) is 5.82. The van der Waals surface area contributed by atoms with E-state index in [0.717, 1.165) is 6.07 Å². The average molecular weight is 449 g/mol. The van der Waals surface area contributed by atoms with Gasteiger partial charge in [0.2, 0.25) is 6.79 Å². The largest absolute Gasteiger partial charge is 0.454 e. The highest BCUT2D eigenvalue weighted by Crippen LogP contribution is 2.34.